The van der Waals surface area contributed by atoms with E-state index in [1.54, 1.807) is 4.90 Å². The maximum Gasteiger partial charge on any atom is 0.410 e. The fourth-order valence-electron chi connectivity index (χ4n) is 2.82. The molecule has 0 aliphatic carbocycles. The van der Waals surface area contributed by atoms with Gasteiger partial charge in [-0.2, -0.15) is 0 Å². The van der Waals surface area contributed by atoms with Crippen molar-refractivity contribution in [1.82, 2.24) is 4.90 Å². The van der Waals surface area contributed by atoms with Gasteiger partial charge in [-0.1, -0.05) is 36.4 Å². The summed E-state index contributed by atoms with van der Waals surface area (Å²) in [6.45, 7) is 12.3. The number of carbonyl (C=O) groups excluding carboxylic acids is 1. The van der Waals surface area contributed by atoms with Crippen LogP contribution in [0.2, 0.25) is 0 Å². The second kappa shape index (κ2) is 4.76. The number of hydrogen-bond donors (Lipinski definition) is 0. The molecule has 2 unspecified atom stereocenters. The van der Waals surface area contributed by atoms with Gasteiger partial charge in [-0.25, -0.2) is 4.79 Å². The van der Waals surface area contributed by atoms with E-state index in [9.17, 15) is 4.79 Å². The van der Waals surface area contributed by atoms with Crippen LogP contribution in [0.3, 0.4) is 0 Å². The summed E-state index contributed by atoms with van der Waals surface area (Å²) in [5.41, 5.74) is -0.551. The largest absolute Gasteiger partial charge is 0.444 e. The summed E-state index contributed by atoms with van der Waals surface area (Å²) < 4.78 is 12.0. The van der Waals surface area contributed by atoms with Crippen molar-refractivity contribution >= 4 is 28.7 Å². The standard InChI is InChI=1S/C14H24INO3/c1-12(2,3)19-11(17)16-7-6-14(9-16)13(4,5)10(15)8-18-14/h10H,6-9H2,1-5H3. The third-order valence-corrected chi connectivity index (χ3v) is 6.26. The Bertz CT molecular complexity index is 377. The fraction of sp³-hybridized carbons (Fsp3) is 0.929. The molecule has 0 N–H and O–H groups in total. The molecular formula is C14H24INO3. The molecule has 1 spiro atoms. The lowest BCUT2D eigenvalue weighted by atomic mass is 9.74. The van der Waals surface area contributed by atoms with Gasteiger partial charge in [0.15, 0.2) is 0 Å². The van der Waals surface area contributed by atoms with Crippen LogP contribution in [0.25, 0.3) is 0 Å². The lowest BCUT2D eigenvalue weighted by Gasteiger charge is -2.38. The van der Waals surface area contributed by atoms with Gasteiger partial charge >= 0.3 is 6.09 Å². The first-order valence-electron chi connectivity index (χ1n) is 6.83. The molecule has 2 atom stereocenters. The van der Waals surface area contributed by atoms with E-state index in [0.29, 0.717) is 10.5 Å². The zero-order valence-corrected chi connectivity index (χ0v) is 14.6. The molecule has 0 aromatic rings. The molecular weight excluding hydrogens is 357 g/mol. The van der Waals surface area contributed by atoms with Gasteiger partial charge in [0, 0.05) is 15.9 Å². The Morgan fingerprint density at radius 1 is 1.42 bits per heavy atom. The number of nitrogens with zero attached hydrogens (tertiary/aromatic N) is 1. The molecule has 2 fully saturated rings. The molecule has 0 saturated carbocycles. The van der Waals surface area contributed by atoms with E-state index < -0.39 is 5.60 Å². The van der Waals surface area contributed by atoms with Crippen LogP contribution in [0.4, 0.5) is 4.79 Å². The van der Waals surface area contributed by atoms with Crippen molar-refractivity contribution in [3.63, 3.8) is 0 Å². The number of amides is 1. The van der Waals surface area contributed by atoms with E-state index in [0.717, 1.165) is 19.6 Å². The van der Waals surface area contributed by atoms with Crippen LogP contribution in [-0.2, 0) is 9.47 Å². The molecule has 2 aliphatic heterocycles. The lowest BCUT2D eigenvalue weighted by molar-refractivity contribution is -0.0433. The van der Waals surface area contributed by atoms with E-state index in [4.69, 9.17) is 9.47 Å². The van der Waals surface area contributed by atoms with E-state index in [1.807, 2.05) is 20.8 Å². The molecule has 2 heterocycles. The number of carbonyl (C=O) groups is 1. The summed E-state index contributed by atoms with van der Waals surface area (Å²) in [5.74, 6) is 0. The van der Waals surface area contributed by atoms with Crippen LogP contribution < -0.4 is 0 Å². The third kappa shape index (κ3) is 2.73. The average molecular weight is 381 g/mol. The predicted molar refractivity (Wildman–Crippen MR) is 82.7 cm³/mol. The molecule has 2 rings (SSSR count). The van der Waals surface area contributed by atoms with E-state index in [2.05, 4.69) is 36.4 Å². The van der Waals surface area contributed by atoms with E-state index >= 15 is 0 Å². The number of ether oxygens (including phenoxy) is 2. The first-order chi connectivity index (χ1) is 8.57. The normalized spacial score (nSPS) is 34.0. The van der Waals surface area contributed by atoms with Crippen molar-refractivity contribution in [3.8, 4) is 0 Å². The second-order valence-corrected chi connectivity index (χ2v) is 8.65. The smallest absolute Gasteiger partial charge is 0.410 e. The Labute approximate surface area is 129 Å². The number of alkyl halides is 1. The molecule has 2 aliphatic rings. The van der Waals surface area contributed by atoms with Gasteiger partial charge in [0.1, 0.15) is 5.60 Å². The summed E-state index contributed by atoms with van der Waals surface area (Å²) >= 11 is 2.46. The number of likely N-dealkylation sites (tertiary alicyclic amines) is 1. The molecule has 1 amide bonds. The highest BCUT2D eigenvalue weighted by atomic mass is 127. The maximum absolute atomic E-state index is 12.1. The van der Waals surface area contributed by atoms with Crippen molar-refractivity contribution in [1.29, 1.82) is 0 Å². The van der Waals surface area contributed by atoms with Gasteiger partial charge < -0.3 is 14.4 Å². The van der Waals surface area contributed by atoms with Gasteiger partial charge in [-0.15, -0.1) is 0 Å². The number of halogens is 1. The van der Waals surface area contributed by atoms with Crippen LogP contribution in [0.1, 0.15) is 41.0 Å². The summed E-state index contributed by atoms with van der Waals surface area (Å²) in [5, 5.41) is 0. The Kier molecular flexibility index (Phi) is 3.84. The fourth-order valence-corrected chi connectivity index (χ4v) is 3.57. The SMILES string of the molecule is CC(C)(C)OC(=O)N1CCC2(C1)OCC(I)C2(C)C. The highest BCUT2D eigenvalue weighted by Gasteiger charge is 2.58. The van der Waals surface area contributed by atoms with E-state index in [1.165, 1.54) is 0 Å². The molecule has 5 heteroatoms. The summed E-state index contributed by atoms with van der Waals surface area (Å²) in [6, 6.07) is 0. The highest BCUT2D eigenvalue weighted by molar-refractivity contribution is 14.1. The Balaban J connectivity index is 2.06. The Morgan fingerprint density at radius 3 is 2.53 bits per heavy atom. The van der Waals surface area contributed by atoms with Gasteiger partial charge in [-0.05, 0) is 27.2 Å². The Hall–Kier alpha value is -0.0400. The van der Waals surface area contributed by atoms with Crippen LogP contribution in [0.5, 0.6) is 0 Å². The number of rotatable bonds is 0. The Morgan fingerprint density at radius 2 is 2.05 bits per heavy atom. The maximum atomic E-state index is 12.1. The summed E-state index contributed by atoms with van der Waals surface area (Å²) in [6.07, 6.45) is 0.680. The van der Waals surface area contributed by atoms with E-state index in [-0.39, 0.29) is 17.1 Å². The molecule has 0 bridgehead atoms. The van der Waals surface area contributed by atoms with Gasteiger partial charge in [-0.3, -0.25) is 0 Å². The van der Waals surface area contributed by atoms with Crippen molar-refractivity contribution in [2.45, 2.75) is 56.2 Å². The molecule has 110 valence electrons. The van der Waals surface area contributed by atoms with Gasteiger partial charge in [0.05, 0.1) is 18.8 Å². The molecule has 19 heavy (non-hydrogen) atoms. The lowest BCUT2D eigenvalue weighted by Crippen LogP contribution is -2.47. The molecule has 0 aromatic heterocycles. The zero-order chi connectivity index (χ0) is 14.5. The van der Waals surface area contributed by atoms with Crippen LogP contribution in [0, 0.1) is 5.41 Å². The summed E-state index contributed by atoms with van der Waals surface area (Å²) in [7, 11) is 0. The molecule has 0 aromatic carbocycles. The van der Waals surface area contributed by atoms with Gasteiger partial charge in [0.25, 0.3) is 0 Å². The first kappa shape index (κ1) is 15.4. The van der Waals surface area contributed by atoms with Crippen molar-refractivity contribution in [2.24, 2.45) is 5.41 Å². The minimum atomic E-state index is -0.440. The summed E-state index contributed by atoms with van der Waals surface area (Å²) in [4.78, 5) is 13.9. The van der Waals surface area contributed by atoms with Gasteiger partial charge in [0.2, 0.25) is 0 Å². The highest BCUT2D eigenvalue weighted by Crippen LogP contribution is 2.51. The van der Waals surface area contributed by atoms with Crippen molar-refractivity contribution in [3.05, 3.63) is 0 Å². The predicted octanol–water partition coefficient (Wildman–Crippen LogP) is 3.23. The van der Waals surface area contributed by atoms with Crippen LogP contribution >= 0.6 is 22.6 Å². The molecule has 0 radical (unpaired) electrons. The van der Waals surface area contributed by atoms with Crippen LogP contribution in [-0.4, -0.2) is 45.8 Å². The average Bonchev–Trinajstić information content (AvgIpc) is 2.76. The van der Waals surface area contributed by atoms with Crippen molar-refractivity contribution in [2.75, 3.05) is 19.7 Å². The second-order valence-electron chi connectivity index (χ2n) is 7.15. The number of hydrogen-bond acceptors (Lipinski definition) is 3. The minimum absolute atomic E-state index is 0.0876. The third-order valence-electron chi connectivity index (χ3n) is 4.35. The van der Waals surface area contributed by atoms with Crippen molar-refractivity contribution < 1.29 is 14.3 Å². The minimum Gasteiger partial charge on any atom is -0.444 e. The zero-order valence-electron chi connectivity index (χ0n) is 12.5. The topological polar surface area (TPSA) is 38.8 Å². The quantitative estimate of drug-likeness (QED) is 0.478. The monoisotopic (exact) mass is 381 g/mol. The first-order valence-corrected chi connectivity index (χ1v) is 8.08. The van der Waals surface area contributed by atoms with Crippen LogP contribution in [0.15, 0.2) is 0 Å². The molecule has 2 saturated heterocycles. The molecule has 4 nitrogen and oxygen atoms in total.